The molecule has 0 bridgehead atoms. The fraction of sp³-hybridized carbons (Fsp3) is 0.435. The number of fused-ring (bicyclic) bond motifs is 1. The molecule has 8 heteroatoms. The van der Waals surface area contributed by atoms with Crippen LogP contribution in [0.15, 0.2) is 45.3 Å². The van der Waals surface area contributed by atoms with Crippen LogP contribution in [0.25, 0.3) is 0 Å². The molecule has 2 fully saturated rings. The number of hydrogen-bond acceptors (Lipinski definition) is 5. The smallest absolute Gasteiger partial charge is 0.260 e. The van der Waals surface area contributed by atoms with Gasteiger partial charge < -0.3 is 19.5 Å². The van der Waals surface area contributed by atoms with E-state index < -0.39 is 6.23 Å². The van der Waals surface area contributed by atoms with Crippen molar-refractivity contribution in [2.24, 2.45) is 0 Å². The summed E-state index contributed by atoms with van der Waals surface area (Å²) >= 11 is 6.95. The highest BCUT2D eigenvalue weighted by Gasteiger charge is 2.41. The lowest BCUT2D eigenvalue weighted by molar-refractivity contribution is -0.125. The Morgan fingerprint density at radius 2 is 1.77 bits per heavy atom. The third kappa shape index (κ3) is 4.49. The normalized spacial score (nSPS) is 23.7. The van der Waals surface area contributed by atoms with Gasteiger partial charge in [0.25, 0.3) is 5.91 Å². The highest BCUT2D eigenvalue weighted by molar-refractivity contribution is 9.11. The maximum absolute atomic E-state index is 13.4. The van der Waals surface area contributed by atoms with Crippen LogP contribution in [0.3, 0.4) is 0 Å². The number of morpholine rings is 1. The zero-order valence-electron chi connectivity index (χ0n) is 17.6. The highest BCUT2D eigenvalue weighted by Crippen LogP contribution is 2.42. The molecule has 0 radical (unpaired) electrons. The van der Waals surface area contributed by atoms with E-state index in [0.717, 1.165) is 25.8 Å². The van der Waals surface area contributed by atoms with E-state index in [9.17, 15) is 4.79 Å². The predicted molar refractivity (Wildman–Crippen MR) is 126 cm³/mol. The van der Waals surface area contributed by atoms with Gasteiger partial charge in [0.1, 0.15) is 23.3 Å². The van der Waals surface area contributed by atoms with Gasteiger partial charge >= 0.3 is 0 Å². The van der Waals surface area contributed by atoms with Gasteiger partial charge in [0.15, 0.2) is 0 Å². The molecule has 0 unspecified atom stereocenters. The summed E-state index contributed by atoms with van der Waals surface area (Å²) < 4.78 is 18.6. The first-order chi connectivity index (χ1) is 15.0. The summed E-state index contributed by atoms with van der Waals surface area (Å²) in [6.45, 7) is 1.52. The quantitative estimate of drug-likeness (QED) is 0.570. The molecule has 0 aromatic heterocycles. The lowest BCUT2D eigenvalue weighted by Crippen LogP contribution is -2.60. The van der Waals surface area contributed by atoms with Crippen molar-refractivity contribution >= 4 is 37.8 Å². The summed E-state index contributed by atoms with van der Waals surface area (Å²) in [7, 11) is 3.07. The summed E-state index contributed by atoms with van der Waals surface area (Å²) in [4.78, 5) is 15.9. The van der Waals surface area contributed by atoms with Crippen LogP contribution in [0.1, 0.15) is 41.2 Å². The molecule has 0 spiro atoms. The van der Waals surface area contributed by atoms with Crippen LogP contribution < -0.4 is 14.8 Å². The zero-order valence-corrected chi connectivity index (χ0v) is 20.7. The van der Waals surface area contributed by atoms with Crippen molar-refractivity contribution in [2.45, 2.75) is 37.6 Å². The second-order valence-corrected chi connectivity index (χ2v) is 9.45. The first-order valence-corrected chi connectivity index (χ1v) is 12.0. The number of halogens is 2. The standard InChI is InChI=1S/C23H26Br2N2O4/c1-29-20-15(24)12-16(25)21(30-2)19(20)22(28)26-23-17-10-6-7-11-27(17)18(13-31-23)14-8-4-3-5-9-14/h3-5,8-9,12,17-18,23H,6-7,10-11,13H2,1-2H3,(H,26,28)/t17-,18-,23+/m0/s1. The zero-order chi connectivity index (χ0) is 22.0. The molecule has 2 heterocycles. The Morgan fingerprint density at radius 3 is 2.42 bits per heavy atom. The van der Waals surface area contributed by atoms with Gasteiger partial charge in [0, 0.05) is 0 Å². The second-order valence-electron chi connectivity index (χ2n) is 7.74. The number of hydrogen-bond donors (Lipinski definition) is 1. The third-order valence-electron chi connectivity index (χ3n) is 6.01. The first-order valence-electron chi connectivity index (χ1n) is 10.4. The van der Waals surface area contributed by atoms with Gasteiger partial charge in [-0.25, -0.2) is 0 Å². The van der Waals surface area contributed by atoms with Crippen molar-refractivity contribution in [3.8, 4) is 11.5 Å². The van der Waals surface area contributed by atoms with E-state index in [1.54, 1.807) is 6.07 Å². The molecule has 0 saturated carbocycles. The van der Waals surface area contributed by atoms with Crippen molar-refractivity contribution in [1.82, 2.24) is 10.2 Å². The first kappa shape index (κ1) is 22.6. The van der Waals surface area contributed by atoms with E-state index in [-0.39, 0.29) is 18.0 Å². The maximum atomic E-state index is 13.4. The van der Waals surface area contributed by atoms with Crippen molar-refractivity contribution in [2.75, 3.05) is 27.4 Å². The number of amides is 1. The summed E-state index contributed by atoms with van der Waals surface area (Å²) in [6, 6.07) is 12.6. The summed E-state index contributed by atoms with van der Waals surface area (Å²) in [5.74, 6) is 0.566. The molecule has 2 saturated heterocycles. The fourth-order valence-corrected chi connectivity index (χ4v) is 6.07. The minimum Gasteiger partial charge on any atom is -0.495 e. The van der Waals surface area contributed by atoms with Gasteiger partial charge in [-0.15, -0.1) is 0 Å². The van der Waals surface area contributed by atoms with Gasteiger partial charge in [-0.1, -0.05) is 36.8 Å². The molecule has 166 valence electrons. The number of nitrogens with zero attached hydrogens (tertiary/aromatic N) is 1. The van der Waals surface area contributed by atoms with Gasteiger partial charge in [-0.05, 0) is 62.9 Å². The van der Waals surface area contributed by atoms with Crippen LogP contribution >= 0.6 is 31.9 Å². The average molecular weight is 554 g/mol. The van der Waals surface area contributed by atoms with Gasteiger partial charge in [-0.3, -0.25) is 9.69 Å². The number of methoxy groups -OCH3 is 2. The Balaban J connectivity index is 1.60. The van der Waals surface area contributed by atoms with Gasteiger partial charge in [0.05, 0.1) is 41.9 Å². The molecule has 1 N–H and O–H groups in total. The Bertz CT molecular complexity index is 913. The monoisotopic (exact) mass is 552 g/mol. The third-order valence-corrected chi connectivity index (χ3v) is 7.19. The number of nitrogens with one attached hydrogen (secondary N) is 1. The molecule has 2 aliphatic heterocycles. The number of ether oxygens (including phenoxy) is 3. The van der Waals surface area contributed by atoms with Crippen molar-refractivity contribution in [3.05, 3.63) is 56.5 Å². The Morgan fingerprint density at radius 1 is 1.10 bits per heavy atom. The Labute approximate surface area is 199 Å². The molecule has 2 aromatic carbocycles. The molecule has 1 amide bonds. The van der Waals surface area contributed by atoms with Crippen molar-refractivity contribution < 1.29 is 19.0 Å². The molecular formula is C23H26Br2N2O4. The van der Waals surface area contributed by atoms with E-state index in [0.29, 0.717) is 32.6 Å². The van der Waals surface area contributed by atoms with E-state index in [1.807, 2.05) is 6.07 Å². The van der Waals surface area contributed by atoms with Crippen LogP contribution in [0.5, 0.6) is 11.5 Å². The van der Waals surface area contributed by atoms with Crippen molar-refractivity contribution in [3.63, 3.8) is 0 Å². The molecule has 4 rings (SSSR count). The van der Waals surface area contributed by atoms with Crippen LogP contribution in [0.2, 0.25) is 0 Å². The number of benzene rings is 2. The number of piperidine rings is 1. The fourth-order valence-electron chi connectivity index (χ4n) is 4.59. The molecular weight excluding hydrogens is 528 g/mol. The molecule has 3 atom stereocenters. The van der Waals surface area contributed by atoms with Crippen LogP contribution in [0, 0.1) is 0 Å². The Hall–Kier alpha value is -1.61. The van der Waals surface area contributed by atoms with E-state index in [1.165, 1.54) is 19.8 Å². The van der Waals surface area contributed by atoms with E-state index in [4.69, 9.17) is 14.2 Å². The topological polar surface area (TPSA) is 60.0 Å². The lowest BCUT2D eigenvalue weighted by Gasteiger charge is -2.48. The predicted octanol–water partition coefficient (Wildman–Crippen LogP) is 4.91. The van der Waals surface area contributed by atoms with Crippen LogP contribution in [-0.2, 0) is 4.74 Å². The molecule has 6 nitrogen and oxygen atoms in total. The summed E-state index contributed by atoms with van der Waals surface area (Å²) in [5, 5.41) is 3.11. The highest BCUT2D eigenvalue weighted by atomic mass is 79.9. The van der Waals surface area contributed by atoms with E-state index in [2.05, 4.69) is 66.3 Å². The summed E-state index contributed by atoms with van der Waals surface area (Å²) in [5.41, 5.74) is 1.58. The molecule has 31 heavy (non-hydrogen) atoms. The maximum Gasteiger partial charge on any atom is 0.260 e. The Kier molecular flexibility index (Phi) is 7.21. The van der Waals surface area contributed by atoms with Crippen LogP contribution in [0.4, 0.5) is 0 Å². The number of carbonyl (C=O) groups is 1. The minimum atomic E-state index is -0.403. The van der Waals surface area contributed by atoms with Crippen LogP contribution in [-0.4, -0.2) is 50.4 Å². The lowest BCUT2D eigenvalue weighted by atomic mass is 9.93. The van der Waals surface area contributed by atoms with Gasteiger partial charge in [-0.2, -0.15) is 0 Å². The largest absolute Gasteiger partial charge is 0.495 e. The second kappa shape index (κ2) is 9.90. The minimum absolute atomic E-state index is 0.115. The molecule has 0 aliphatic carbocycles. The molecule has 2 aromatic rings. The molecule has 2 aliphatic rings. The SMILES string of the molecule is COc1c(Br)cc(Br)c(OC)c1C(=O)N[C@@H]1OC[C@@H](c2ccccc2)N2CCCC[C@@H]12. The van der Waals surface area contributed by atoms with E-state index >= 15 is 0 Å². The number of carbonyl (C=O) groups excluding carboxylic acids is 1. The summed E-state index contributed by atoms with van der Waals surface area (Å²) in [6.07, 6.45) is 2.85. The van der Waals surface area contributed by atoms with Crippen molar-refractivity contribution in [1.29, 1.82) is 0 Å². The van der Waals surface area contributed by atoms with Gasteiger partial charge in [0.2, 0.25) is 0 Å². The number of rotatable bonds is 5. The average Bonchev–Trinajstić information content (AvgIpc) is 2.79.